The Hall–Kier alpha value is -2.88. The van der Waals surface area contributed by atoms with Crippen molar-refractivity contribution in [3.05, 3.63) is 84.4 Å². The van der Waals surface area contributed by atoms with Gasteiger partial charge < -0.3 is 9.64 Å². The van der Waals surface area contributed by atoms with Crippen molar-refractivity contribution in [3.63, 3.8) is 0 Å². The zero-order valence-corrected chi connectivity index (χ0v) is 13.1. The summed E-state index contributed by atoms with van der Waals surface area (Å²) in [5.74, 6) is 0.842. The monoisotopic (exact) mass is 305 g/mol. The Bertz CT molecular complexity index is 690. The molecule has 3 aromatic rings. The highest BCUT2D eigenvalue weighted by Crippen LogP contribution is 2.23. The summed E-state index contributed by atoms with van der Waals surface area (Å²) in [5, 5.41) is 0. The van der Waals surface area contributed by atoms with Crippen LogP contribution in [-0.4, -0.2) is 17.1 Å². The van der Waals surface area contributed by atoms with Crippen LogP contribution in [0.25, 0.3) is 0 Å². The van der Waals surface area contributed by atoms with Crippen LogP contribution in [0.2, 0.25) is 0 Å². The molecule has 0 aliphatic heterocycles. The lowest BCUT2D eigenvalue weighted by atomic mass is 10.2. The molecule has 116 valence electrons. The summed E-state index contributed by atoms with van der Waals surface area (Å²) in [4.78, 5) is 11.1. The number of ether oxygens (including phenoxy) is 1. The molecule has 2 heterocycles. The zero-order valence-electron chi connectivity index (χ0n) is 13.1. The quantitative estimate of drug-likeness (QED) is 0.696. The van der Waals surface area contributed by atoms with Gasteiger partial charge in [-0.25, -0.2) is 0 Å². The molecule has 4 heteroatoms. The molecule has 0 aliphatic rings. The molecule has 0 aliphatic carbocycles. The summed E-state index contributed by atoms with van der Waals surface area (Å²) in [6.07, 6.45) is 3.64. The highest BCUT2D eigenvalue weighted by atomic mass is 16.5. The van der Waals surface area contributed by atoms with Crippen molar-refractivity contribution in [3.8, 4) is 5.75 Å². The first kappa shape index (κ1) is 15.0. The van der Waals surface area contributed by atoms with Crippen LogP contribution in [0.1, 0.15) is 11.4 Å². The second kappa shape index (κ2) is 7.40. The predicted molar refractivity (Wildman–Crippen MR) is 91.4 cm³/mol. The van der Waals surface area contributed by atoms with Crippen LogP contribution in [0.5, 0.6) is 5.75 Å². The van der Waals surface area contributed by atoms with Crippen LogP contribution in [0.4, 0.5) is 5.69 Å². The SMILES string of the molecule is COc1cccc(N(Cc2ccccn2)Cc2ccccn2)c1. The van der Waals surface area contributed by atoms with Crippen LogP contribution in [0.3, 0.4) is 0 Å². The van der Waals surface area contributed by atoms with Crippen molar-refractivity contribution in [2.75, 3.05) is 12.0 Å². The Morgan fingerprint density at radius 1 is 0.826 bits per heavy atom. The van der Waals surface area contributed by atoms with Gasteiger partial charge in [0.2, 0.25) is 0 Å². The topological polar surface area (TPSA) is 38.2 Å². The number of anilines is 1. The first-order valence-electron chi connectivity index (χ1n) is 7.54. The fraction of sp³-hybridized carbons (Fsp3) is 0.158. The zero-order chi connectivity index (χ0) is 15.9. The van der Waals surface area contributed by atoms with Crippen LogP contribution in [0, 0.1) is 0 Å². The van der Waals surface area contributed by atoms with E-state index in [1.165, 1.54) is 0 Å². The molecule has 4 nitrogen and oxygen atoms in total. The Balaban J connectivity index is 1.88. The lowest BCUT2D eigenvalue weighted by Crippen LogP contribution is -2.23. The number of benzene rings is 1. The molecule has 2 aromatic heterocycles. The van der Waals surface area contributed by atoms with Crippen molar-refractivity contribution in [1.82, 2.24) is 9.97 Å². The number of aromatic nitrogens is 2. The van der Waals surface area contributed by atoms with Gasteiger partial charge in [0.25, 0.3) is 0 Å². The summed E-state index contributed by atoms with van der Waals surface area (Å²) < 4.78 is 5.35. The fourth-order valence-corrected chi connectivity index (χ4v) is 2.42. The summed E-state index contributed by atoms with van der Waals surface area (Å²) in [5.41, 5.74) is 3.12. The van der Waals surface area contributed by atoms with E-state index in [4.69, 9.17) is 4.74 Å². The Morgan fingerprint density at radius 3 is 2.00 bits per heavy atom. The van der Waals surface area contributed by atoms with E-state index in [0.29, 0.717) is 13.1 Å². The van der Waals surface area contributed by atoms with Gasteiger partial charge in [0.1, 0.15) is 5.75 Å². The van der Waals surface area contributed by atoms with Gasteiger partial charge in [0, 0.05) is 24.1 Å². The van der Waals surface area contributed by atoms with E-state index in [-0.39, 0.29) is 0 Å². The van der Waals surface area contributed by atoms with Gasteiger partial charge in [-0.1, -0.05) is 18.2 Å². The third-order valence-electron chi connectivity index (χ3n) is 3.58. The summed E-state index contributed by atoms with van der Waals surface area (Å²) in [7, 11) is 1.68. The predicted octanol–water partition coefficient (Wildman–Crippen LogP) is 3.69. The van der Waals surface area contributed by atoms with E-state index >= 15 is 0 Å². The minimum absolute atomic E-state index is 0.713. The lowest BCUT2D eigenvalue weighted by molar-refractivity contribution is 0.414. The van der Waals surface area contributed by atoms with Gasteiger partial charge in [0.15, 0.2) is 0 Å². The van der Waals surface area contributed by atoms with Gasteiger partial charge in [-0.15, -0.1) is 0 Å². The van der Waals surface area contributed by atoms with Crippen molar-refractivity contribution >= 4 is 5.69 Å². The smallest absolute Gasteiger partial charge is 0.120 e. The molecule has 0 atom stereocenters. The van der Waals surface area contributed by atoms with E-state index in [9.17, 15) is 0 Å². The summed E-state index contributed by atoms with van der Waals surface area (Å²) in [6.45, 7) is 1.43. The van der Waals surface area contributed by atoms with E-state index in [2.05, 4.69) is 20.9 Å². The first-order chi connectivity index (χ1) is 11.3. The molecule has 0 unspecified atom stereocenters. The maximum atomic E-state index is 5.35. The van der Waals surface area contributed by atoms with Gasteiger partial charge in [-0.2, -0.15) is 0 Å². The minimum Gasteiger partial charge on any atom is -0.497 e. The average molecular weight is 305 g/mol. The molecule has 0 spiro atoms. The molecule has 0 fully saturated rings. The van der Waals surface area contributed by atoms with E-state index in [1.54, 1.807) is 7.11 Å². The number of hydrogen-bond acceptors (Lipinski definition) is 4. The third-order valence-corrected chi connectivity index (χ3v) is 3.58. The van der Waals surface area contributed by atoms with Crippen LogP contribution >= 0.6 is 0 Å². The van der Waals surface area contributed by atoms with Gasteiger partial charge >= 0.3 is 0 Å². The molecule has 1 aromatic carbocycles. The summed E-state index contributed by atoms with van der Waals surface area (Å²) >= 11 is 0. The van der Waals surface area contributed by atoms with Crippen molar-refractivity contribution < 1.29 is 4.74 Å². The number of pyridine rings is 2. The average Bonchev–Trinajstić information content (AvgIpc) is 2.63. The Kier molecular flexibility index (Phi) is 4.84. The molecule has 0 amide bonds. The van der Waals surface area contributed by atoms with Gasteiger partial charge in [0.05, 0.1) is 31.6 Å². The lowest BCUT2D eigenvalue weighted by Gasteiger charge is -2.24. The normalized spacial score (nSPS) is 10.3. The first-order valence-corrected chi connectivity index (χ1v) is 7.54. The van der Waals surface area contributed by atoms with E-state index in [0.717, 1.165) is 22.8 Å². The van der Waals surface area contributed by atoms with Gasteiger partial charge in [-0.3, -0.25) is 9.97 Å². The number of nitrogens with zero attached hydrogens (tertiary/aromatic N) is 3. The van der Waals surface area contributed by atoms with Crippen LogP contribution in [-0.2, 0) is 13.1 Å². The van der Waals surface area contributed by atoms with Crippen molar-refractivity contribution in [2.24, 2.45) is 0 Å². The van der Waals surface area contributed by atoms with Gasteiger partial charge in [-0.05, 0) is 36.4 Å². The molecule has 23 heavy (non-hydrogen) atoms. The fourth-order valence-electron chi connectivity index (χ4n) is 2.42. The second-order valence-corrected chi connectivity index (χ2v) is 5.20. The maximum absolute atomic E-state index is 5.35. The Labute approximate surface area is 136 Å². The van der Waals surface area contributed by atoms with Crippen molar-refractivity contribution in [2.45, 2.75) is 13.1 Å². The molecule has 0 radical (unpaired) electrons. The second-order valence-electron chi connectivity index (χ2n) is 5.20. The van der Waals surface area contributed by atoms with Crippen LogP contribution < -0.4 is 9.64 Å². The minimum atomic E-state index is 0.713. The number of rotatable bonds is 6. The van der Waals surface area contributed by atoms with Crippen LogP contribution in [0.15, 0.2) is 73.1 Å². The molecule has 0 saturated heterocycles. The molecule has 3 rings (SSSR count). The molecule has 0 bridgehead atoms. The molecule has 0 saturated carbocycles. The largest absolute Gasteiger partial charge is 0.497 e. The van der Waals surface area contributed by atoms with E-state index < -0.39 is 0 Å². The van der Waals surface area contributed by atoms with E-state index in [1.807, 2.05) is 67.0 Å². The number of methoxy groups -OCH3 is 1. The third kappa shape index (κ3) is 4.07. The highest BCUT2D eigenvalue weighted by molar-refractivity contribution is 5.51. The molecular formula is C19H19N3O. The maximum Gasteiger partial charge on any atom is 0.120 e. The standard InChI is InChI=1S/C19H19N3O/c1-23-19-10-6-9-18(13-19)22(14-16-7-2-4-11-20-16)15-17-8-3-5-12-21-17/h2-13H,14-15H2,1H3. The Morgan fingerprint density at radius 2 is 1.48 bits per heavy atom. The van der Waals surface area contributed by atoms with Crippen molar-refractivity contribution in [1.29, 1.82) is 0 Å². The number of hydrogen-bond donors (Lipinski definition) is 0. The molecule has 0 N–H and O–H groups in total. The highest BCUT2D eigenvalue weighted by Gasteiger charge is 2.10. The summed E-state index contributed by atoms with van der Waals surface area (Å²) in [6, 6.07) is 20.0. The molecular weight excluding hydrogens is 286 g/mol.